The van der Waals surface area contributed by atoms with Gasteiger partial charge < -0.3 is 9.47 Å². The van der Waals surface area contributed by atoms with E-state index in [4.69, 9.17) is 9.47 Å². The second-order valence-electron chi connectivity index (χ2n) is 6.55. The van der Waals surface area contributed by atoms with Crippen molar-refractivity contribution in [1.29, 1.82) is 0 Å². The molecule has 0 aliphatic carbocycles. The third-order valence-corrected chi connectivity index (χ3v) is 4.28. The first-order valence-electron chi connectivity index (χ1n) is 9.98. The summed E-state index contributed by atoms with van der Waals surface area (Å²) in [6, 6.07) is 0. The smallest absolute Gasteiger partial charge is 0.0487 e. The first-order valence-corrected chi connectivity index (χ1v) is 9.98. The molecule has 0 unspecified atom stereocenters. The Kier molecular flexibility index (Phi) is 20.8. The van der Waals surface area contributed by atoms with Gasteiger partial charge in [0.2, 0.25) is 0 Å². The van der Waals surface area contributed by atoms with Crippen molar-refractivity contribution in [3.05, 3.63) is 0 Å². The highest BCUT2D eigenvalue weighted by atomic mass is 16.5. The molecule has 0 rings (SSSR count). The number of rotatable bonds is 19. The van der Waals surface area contributed by atoms with E-state index >= 15 is 0 Å². The Morgan fingerprint density at radius 3 is 1.32 bits per heavy atom. The van der Waals surface area contributed by atoms with Gasteiger partial charge in [-0.3, -0.25) is 0 Å². The molecule has 0 aromatic rings. The van der Waals surface area contributed by atoms with Crippen LogP contribution in [0.25, 0.3) is 0 Å². The molecule has 0 amide bonds. The minimum Gasteiger partial charge on any atom is -0.385 e. The number of unbranched alkanes of at least 4 members (excludes halogenated alkanes) is 13. The SMILES string of the molecule is CCCCCCCCCCCCCCCCOCCCOC. The fourth-order valence-corrected chi connectivity index (χ4v) is 2.81. The molecule has 134 valence electrons. The van der Waals surface area contributed by atoms with Crippen LogP contribution < -0.4 is 0 Å². The van der Waals surface area contributed by atoms with Gasteiger partial charge in [-0.1, -0.05) is 90.4 Å². The molecule has 0 spiro atoms. The first kappa shape index (κ1) is 21.9. The van der Waals surface area contributed by atoms with Crippen LogP contribution in [0.1, 0.15) is 103 Å². The molecule has 2 nitrogen and oxygen atoms in total. The van der Waals surface area contributed by atoms with Crippen LogP contribution in [-0.2, 0) is 9.47 Å². The summed E-state index contributed by atoms with van der Waals surface area (Å²) in [5.74, 6) is 0. The fraction of sp³-hybridized carbons (Fsp3) is 1.00. The van der Waals surface area contributed by atoms with Crippen LogP contribution in [0, 0.1) is 0 Å². The molecule has 0 radical (unpaired) electrons. The van der Waals surface area contributed by atoms with Crippen LogP contribution in [0.15, 0.2) is 0 Å². The molecule has 0 aliphatic rings. The van der Waals surface area contributed by atoms with Crippen LogP contribution in [-0.4, -0.2) is 26.9 Å². The molecule has 0 heterocycles. The van der Waals surface area contributed by atoms with Gasteiger partial charge in [0.15, 0.2) is 0 Å². The Morgan fingerprint density at radius 1 is 0.455 bits per heavy atom. The Hall–Kier alpha value is -0.0800. The average Bonchev–Trinajstić information content (AvgIpc) is 2.54. The zero-order valence-electron chi connectivity index (χ0n) is 15.5. The molecule has 0 atom stereocenters. The van der Waals surface area contributed by atoms with E-state index in [1.807, 2.05) is 0 Å². The van der Waals surface area contributed by atoms with Crippen LogP contribution in [0.3, 0.4) is 0 Å². The lowest BCUT2D eigenvalue weighted by molar-refractivity contribution is 0.100. The first-order chi connectivity index (χ1) is 10.9. The summed E-state index contributed by atoms with van der Waals surface area (Å²) < 4.78 is 10.6. The molecule has 2 heteroatoms. The standard InChI is InChI=1S/C20H42O2/c1-3-4-5-6-7-8-9-10-11-12-13-14-15-16-19-22-20-17-18-21-2/h3-20H2,1-2H3. The third-order valence-electron chi connectivity index (χ3n) is 4.28. The van der Waals surface area contributed by atoms with E-state index in [1.165, 1.54) is 89.9 Å². The largest absolute Gasteiger partial charge is 0.385 e. The molecule has 0 fully saturated rings. The lowest BCUT2D eigenvalue weighted by atomic mass is 10.0. The molecule has 0 aliphatic heterocycles. The highest BCUT2D eigenvalue weighted by molar-refractivity contribution is 4.49. The lowest BCUT2D eigenvalue weighted by Gasteiger charge is -2.04. The summed E-state index contributed by atoms with van der Waals surface area (Å²) in [5, 5.41) is 0. The maximum absolute atomic E-state index is 5.56. The van der Waals surface area contributed by atoms with Gasteiger partial charge in [-0.05, 0) is 12.8 Å². The number of methoxy groups -OCH3 is 1. The number of hydrogen-bond acceptors (Lipinski definition) is 2. The maximum atomic E-state index is 5.56. The van der Waals surface area contributed by atoms with Crippen molar-refractivity contribution >= 4 is 0 Å². The van der Waals surface area contributed by atoms with Gasteiger partial charge in [-0.2, -0.15) is 0 Å². The monoisotopic (exact) mass is 314 g/mol. The lowest BCUT2D eigenvalue weighted by Crippen LogP contribution is -2.00. The van der Waals surface area contributed by atoms with E-state index in [0.29, 0.717) is 0 Å². The maximum Gasteiger partial charge on any atom is 0.0487 e. The second-order valence-corrected chi connectivity index (χ2v) is 6.55. The van der Waals surface area contributed by atoms with Crippen LogP contribution in [0.4, 0.5) is 0 Å². The van der Waals surface area contributed by atoms with E-state index in [2.05, 4.69) is 6.92 Å². The summed E-state index contributed by atoms with van der Waals surface area (Å²) in [7, 11) is 1.74. The second kappa shape index (κ2) is 20.9. The van der Waals surface area contributed by atoms with Gasteiger partial charge in [-0.15, -0.1) is 0 Å². The molecule has 0 saturated heterocycles. The van der Waals surface area contributed by atoms with Gasteiger partial charge in [0.05, 0.1) is 0 Å². The summed E-state index contributed by atoms with van der Waals surface area (Å²) in [6.45, 7) is 4.89. The van der Waals surface area contributed by atoms with Gasteiger partial charge in [-0.25, -0.2) is 0 Å². The van der Waals surface area contributed by atoms with Gasteiger partial charge >= 0.3 is 0 Å². The molecule has 0 aromatic heterocycles. The molecular formula is C20H42O2. The summed E-state index contributed by atoms with van der Waals surface area (Å²) in [6.07, 6.45) is 20.8. The van der Waals surface area contributed by atoms with Gasteiger partial charge in [0, 0.05) is 26.9 Å². The normalized spacial score (nSPS) is 11.2. The number of ether oxygens (including phenoxy) is 2. The number of hydrogen-bond donors (Lipinski definition) is 0. The Bertz CT molecular complexity index is 163. The topological polar surface area (TPSA) is 18.5 Å². The molecule has 0 N–H and O–H groups in total. The van der Waals surface area contributed by atoms with E-state index in [1.54, 1.807) is 7.11 Å². The van der Waals surface area contributed by atoms with Crippen molar-refractivity contribution in [1.82, 2.24) is 0 Å². The molecule has 22 heavy (non-hydrogen) atoms. The van der Waals surface area contributed by atoms with E-state index in [9.17, 15) is 0 Å². The van der Waals surface area contributed by atoms with E-state index in [-0.39, 0.29) is 0 Å². The molecule has 0 saturated carbocycles. The van der Waals surface area contributed by atoms with Crippen LogP contribution >= 0.6 is 0 Å². The van der Waals surface area contributed by atoms with Gasteiger partial charge in [0.1, 0.15) is 0 Å². The molecular weight excluding hydrogens is 272 g/mol. The quantitative estimate of drug-likeness (QED) is 0.253. The highest BCUT2D eigenvalue weighted by Crippen LogP contribution is 2.12. The minimum atomic E-state index is 0.818. The predicted molar refractivity (Wildman–Crippen MR) is 97.6 cm³/mol. The van der Waals surface area contributed by atoms with Crippen molar-refractivity contribution in [3.8, 4) is 0 Å². The molecule has 0 bridgehead atoms. The molecule has 0 aromatic carbocycles. The minimum absolute atomic E-state index is 0.818. The Labute approximate surface area is 140 Å². The van der Waals surface area contributed by atoms with Crippen molar-refractivity contribution in [2.45, 2.75) is 103 Å². The van der Waals surface area contributed by atoms with E-state index < -0.39 is 0 Å². The van der Waals surface area contributed by atoms with Crippen molar-refractivity contribution < 1.29 is 9.47 Å². The van der Waals surface area contributed by atoms with Crippen molar-refractivity contribution in [3.63, 3.8) is 0 Å². The third kappa shape index (κ3) is 19.9. The zero-order chi connectivity index (χ0) is 16.1. The highest BCUT2D eigenvalue weighted by Gasteiger charge is 1.94. The van der Waals surface area contributed by atoms with Gasteiger partial charge in [0.25, 0.3) is 0 Å². The van der Waals surface area contributed by atoms with Crippen molar-refractivity contribution in [2.75, 3.05) is 26.9 Å². The van der Waals surface area contributed by atoms with Crippen molar-refractivity contribution in [2.24, 2.45) is 0 Å². The van der Waals surface area contributed by atoms with Crippen LogP contribution in [0.5, 0.6) is 0 Å². The Morgan fingerprint density at radius 2 is 0.864 bits per heavy atom. The van der Waals surface area contributed by atoms with Crippen LogP contribution in [0.2, 0.25) is 0 Å². The zero-order valence-corrected chi connectivity index (χ0v) is 15.5. The average molecular weight is 315 g/mol. The summed E-state index contributed by atoms with van der Waals surface area (Å²) >= 11 is 0. The van der Waals surface area contributed by atoms with E-state index in [0.717, 1.165) is 26.2 Å². The summed E-state index contributed by atoms with van der Waals surface area (Å²) in [4.78, 5) is 0. The predicted octanol–water partition coefficient (Wildman–Crippen LogP) is 6.52. The fourth-order valence-electron chi connectivity index (χ4n) is 2.81. The summed E-state index contributed by atoms with van der Waals surface area (Å²) in [5.41, 5.74) is 0. The Balaban J connectivity index is 2.91.